The van der Waals surface area contributed by atoms with Crippen LogP contribution in [0.1, 0.15) is 18.7 Å². The maximum absolute atomic E-state index is 12.2. The zero-order valence-electron chi connectivity index (χ0n) is 13.1. The number of amides is 1. The molecule has 0 saturated heterocycles. The van der Waals surface area contributed by atoms with Crippen LogP contribution in [-0.2, 0) is 4.79 Å². The highest BCUT2D eigenvalue weighted by Gasteiger charge is 2.31. The van der Waals surface area contributed by atoms with Gasteiger partial charge < -0.3 is 20.2 Å². The smallest absolute Gasteiger partial charge is 0.406 e. The molecule has 1 aromatic carbocycles. The van der Waals surface area contributed by atoms with E-state index in [0.29, 0.717) is 5.69 Å². The average Bonchev–Trinajstić information content (AvgIpc) is 2.89. The van der Waals surface area contributed by atoms with Crippen LogP contribution in [0.15, 0.2) is 30.3 Å². The van der Waals surface area contributed by atoms with Crippen molar-refractivity contribution in [1.82, 2.24) is 9.78 Å². The molecule has 25 heavy (non-hydrogen) atoms. The third-order valence-corrected chi connectivity index (χ3v) is 3.20. The van der Waals surface area contributed by atoms with Gasteiger partial charge in [0.1, 0.15) is 11.8 Å². The largest absolute Gasteiger partial charge is 0.573 e. The lowest BCUT2D eigenvalue weighted by atomic mass is 10.2. The number of nitrogens with zero attached hydrogens (tertiary/aromatic N) is 3. The molecule has 0 aliphatic carbocycles. The highest BCUT2D eigenvalue weighted by molar-refractivity contribution is 5.93. The first kappa shape index (κ1) is 18.2. The molecular formula is C14H13F3N4O4. The summed E-state index contributed by atoms with van der Waals surface area (Å²) in [4.78, 5) is 22.2. The van der Waals surface area contributed by atoms with Crippen LogP contribution >= 0.6 is 0 Å². The monoisotopic (exact) mass is 358 g/mol. The summed E-state index contributed by atoms with van der Waals surface area (Å²) in [7, 11) is 0. The lowest BCUT2D eigenvalue weighted by Gasteiger charge is -2.12. The third-order valence-electron chi connectivity index (χ3n) is 3.20. The van der Waals surface area contributed by atoms with Gasteiger partial charge in [0, 0.05) is 5.69 Å². The zero-order chi connectivity index (χ0) is 18.8. The fourth-order valence-corrected chi connectivity index (χ4v) is 2.05. The molecule has 0 saturated carbocycles. The van der Waals surface area contributed by atoms with E-state index in [9.17, 15) is 28.1 Å². The molecule has 1 heterocycles. The molecule has 1 atom stereocenters. The van der Waals surface area contributed by atoms with Crippen LogP contribution in [0.5, 0.6) is 5.75 Å². The fourth-order valence-electron chi connectivity index (χ4n) is 2.05. The Morgan fingerprint density at radius 1 is 1.36 bits per heavy atom. The maximum atomic E-state index is 12.2. The van der Waals surface area contributed by atoms with Gasteiger partial charge in [0.05, 0.1) is 16.9 Å². The van der Waals surface area contributed by atoms with Gasteiger partial charge in [-0.05, 0) is 43.0 Å². The number of hydrogen-bond acceptors (Lipinski definition) is 5. The number of carbonyl (C=O) groups excluding carboxylic acids is 1. The summed E-state index contributed by atoms with van der Waals surface area (Å²) in [6.07, 6.45) is -4.80. The SMILES string of the molecule is Cc1cc([N+](=O)[O-])nn1C(C)C(=O)Nc1ccc(OC(F)(F)F)cc1. The number of rotatable bonds is 5. The van der Waals surface area contributed by atoms with E-state index in [-0.39, 0.29) is 11.5 Å². The summed E-state index contributed by atoms with van der Waals surface area (Å²) in [5.41, 5.74) is 0.661. The standard InChI is InChI=1S/C14H13F3N4O4/c1-8-7-12(21(23)24)19-20(8)9(2)13(22)18-10-3-5-11(6-4-10)25-14(15,16)17/h3-7,9H,1-2H3,(H,18,22). The highest BCUT2D eigenvalue weighted by Crippen LogP contribution is 2.24. The van der Waals surface area contributed by atoms with Crippen LogP contribution in [0.2, 0.25) is 0 Å². The number of anilines is 1. The normalized spacial score (nSPS) is 12.5. The number of aryl methyl sites for hydroxylation is 1. The minimum absolute atomic E-state index is 0.241. The van der Waals surface area contributed by atoms with Gasteiger partial charge in [-0.2, -0.15) is 4.68 Å². The number of nitrogens with one attached hydrogen (secondary N) is 1. The lowest BCUT2D eigenvalue weighted by Crippen LogP contribution is -2.25. The summed E-state index contributed by atoms with van der Waals surface area (Å²) in [6.45, 7) is 3.05. The van der Waals surface area contributed by atoms with Crippen molar-refractivity contribution in [2.75, 3.05) is 5.32 Å². The molecule has 2 rings (SSSR count). The second-order valence-electron chi connectivity index (χ2n) is 5.08. The first-order valence-corrected chi connectivity index (χ1v) is 6.94. The molecule has 1 unspecified atom stereocenters. The number of carbonyl (C=O) groups is 1. The number of hydrogen-bond donors (Lipinski definition) is 1. The van der Waals surface area contributed by atoms with E-state index in [1.807, 2.05) is 0 Å². The maximum Gasteiger partial charge on any atom is 0.573 e. The van der Waals surface area contributed by atoms with Crippen molar-refractivity contribution in [1.29, 1.82) is 0 Å². The second kappa shape index (κ2) is 6.79. The van der Waals surface area contributed by atoms with Crippen molar-refractivity contribution >= 4 is 17.4 Å². The van der Waals surface area contributed by atoms with Gasteiger partial charge in [-0.25, -0.2) is 0 Å². The van der Waals surface area contributed by atoms with Crippen LogP contribution in [0, 0.1) is 17.0 Å². The Bertz CT molecular complexity index is 786. The number of alkyl halides is 3. The number of nitro groups is 1. The number of aromatic nitrogens is 2. The first-order chi connectivity index (χ1) is 11.6. The topological polar surface area (TPSA) is 99.3 Å². The Kier molecular flexibility index (Phi) is 4.95. The summed E-state index contributed by atoms with van der Waals surface area (Å²) < 4.78 is 41.2. The van der Waals surface area contributed by atoms with Crippen LogP contribution in [0.25, 0.3) is 0 Å². The van der Waals surface area contributed by atoms with Gasteiger partial charge in [0.25, 0.3) is 5.91 Å². The van der Waals surface area contributed by atoms with E-state index in [4.69, 9.17) is 0 Å². The summed E-state index contributed by atoms with van der Waals surface area (Å²) >= 11 is 0. The summed E-state index contributed by atoms with van der Waals surface area (Å²) in [6, 6.07) is 4.95. The lowest BCUT2D eigenvalue weighted by molar-refractivity contribution is -0.389. The van der Waals surface area contributed by atoms with Gasteiger partial charge >= 0.3 is 12.2 Å². The van der Waals surface area contributed by atoms with E-state index in [1.165, 1.54) is 29.8 Å². The molecule has 0 fully saturated rings. The molecule has 2 aromatic rings. The van der Waals surface area contributed by atoms with E-state index >= 15 is 0 Å². The Balaban J connectivity index is 2.07. The highest BCUT2D eigenvalue weighted by atomic mass is 19.4. The van der Waals surface area contributed by atoms with Gasteiger partial charge in [0.15, 0.2) is 0 Å². The molecule has 0 bridgehead atoms. The predicted molar refractivity (Wildman–Crippen MR) is 80.1 cm³/mol. The van der Waals surface area contributed by atoms with Crippen LogP contribution in [0.4, 0.5) is 24.7 Å². The quantitative estimate of drug-likeness (QED) is 0.654. The van der Waals surface area contributed by atoms with Crippen molar-refractivity contribution in [3.63, 3.8) is 0 Å². The van der Waals surface area contributed by atoms with Crippen molar-refractivity contribution < 1.29 is 27.6 Å². The van der Waals surface area contributed by atoms with Crippen molar-refractivity contribution in [2.45, 2.75) is 26.3 Å². The Morgan fingerprint density at radius 2 is 1.96 bits per heavy atom. The van der Waals surface area contributed by atoms with Crippen LogP contribution in [0.3, 0.4) is 0 Å². The number of benzene rings is 1. The second-order valence-corrected chi connectivity index (χ2v) is 5.08. The third kappa shape index (κ3) is 4.68. The molecule has 0 spiro atoms. The van der Waals surface area contributed by atoms with Gasteiger partial charge in [0.2, 0.25) is 0 Å². The number of halogens is 3. The molecule has 1 amide bonds. The fraction of sp³-hybridized carbons (Fsp3) is 0.286. The molecule has 134 valence electrons. The minimum Gasteiger partial charge on any atom is -0.406 e. The van der Waals surface area contributed by atoms with E-state index in [1.54, 1.807) is 6.92 Å². The van der Waals surface area contributed by atoms with Crippen LogP contribution < -0.4 is 10.1 Å². The van der Waals surface area contributed by atoms with Gasteiger partial charge in [-0.15, -0.1) is 13.2 Å². The molecule has 8 nitrogen and oxygen atoms in total. The summed E-state index contributed by atoms with van der Waals surface area (Å²) in [5.74, 6) is -1.34. The molecule has 0 radical (unpaired) electrons. The van der Waals surface area contributed by atoms with Gasteiger partial charge in [-0.1, -0.05) is 0 Å². The molecule has 0 aliphatic rings. The van der Waals surface area contributed by atoms with Crippen molar-refractivity contribution in [3.8, 4) is 5.75 Å². The number of ether oxygens (including phenoxy) is 1. The Hall–Kier alpha value is -3.11. The zero-order valence-corrected chi connectivity index (χ0v) is 13.1. The molecule has 11 heteroatoms. The van der Waals surface area contributed by atoms with Gasteiger partial charge in [-0.3, -0.25) is 4.79 Å². The first-order valence-electron chi connectivity index (χ1n) is 6.94. The molecule has 1 N–H and O–H groups in total. The molecule has 0 aliphatic heterocycles. The Morgan fingerprint density at radius 3 is 2.44 bits per heavy atom. The van der Waals surface area contributed by atoms with E-state index < -0.39 is 29.0 Å². The molecule has 1 aromatic heterocycles. The minimum atomic E-state index is -4.80. The average molecular weight is 358 g/mol. The molecular weight excluding hydrogens is 345 g/mol. The van der Waals surface area contributed by atoms with Crippen LogP contribution in [-0.4, -0.2) is 27.0 Å². The summed E-state index contributed by atoms with van der Waals surface area (Å²) in [5, 5.41) is 16.9. The van der Waals surface area contributed by atoms with Crippen molar-refractivity contribution in [2.24, 2.45) is 0 Å². The van der Waals surface area contributed by atoms with E-state index in [0.717, 1.165) is 12.1 Å². The predicted octanol–water partition coefficient (Wildman–Crippen LogP) is 3.20. The van der Waals surface area contributed by atoms with Crippen molar-refractivity contribution in [3.05, 3.63) is 46.1 Å². The Labute approximate surface area is 139 Å². The van der Waals surface area contributed by atoms with E-state index in [2.05, 4.69) is 15.2 Å².